The molecule has 6 heteroatoms. The van der Waals surface area contributed by atoms with Gasteiger partial charge in [-0.25, -0.2) is 0 Å². The second kappa shape index (κ2) is 14.3. The molecule has 0 spiro atoms. The summed E-state index contributed by atoms with van der Waals surface area (Å²) in [7, 11) is -5.57. The number of allylic oxidation sites excluding steroid dienone is 1. The predicted molar refractivity (Wildman–Crippen MR) is 143 cm³/mol. The second-order valence-electron chi connectivity index (χ2n) is 10.3. The summed E-state index contributed by atoms with van der Waals surface area (Å²) in [6, 6.07) is 9.75. The molecule has 1 aromatic rings. The highest BCUT2D eigenvalue weighted by Crippen LogP contribution is 2.42. The van der Waals surface area contributed by atoms with Gasteiger partial charge in [-0.3, -0.25) is 4.18 Å². The van der Waals surface area contributed by atoms with Gasteiger partial charge in [0.15, 0.2) is 0 Å². The third-order valence-corrected chi connectivity index (χ3v) is 13.3. The topological polar surface area (TPSA) is 52.6 Å². The third kappa shape index (κ3) is 9.57. The van der Waals surface area contributed by atoms with Crippen LogP contribution >= 0.6 is 0 Å². The second-order valence-corrected chi connectivity index (χ2v) is 17.3. The molecule has 1 aromatic carbocycles. The molecule has 0 N–H and O–H groups in total. The Hall–Kier alpha value is -1.11. The van der Waals surface area contributed by atoms with Crippen molar-refractivity contribution in [2.24, 2.45) is 5.92 Å². The SMILES string of the molecule is CCCCCCC(C/C=C/O[Si](C(C)C)(C(C)C)C(C)C)C(OS(C)(=O)=O)c1ccccc1. The molecule has 1 rings (SSSR count). The molecule has 0 aromatic heterocycles. The van der Waals surface area contributed by atoms with Gasteiger partial charge in [0.1, 0.15) is 6.10 Å². The van der Waals surface area contributed by atoms with Gasteiger partial charge in [-0.1, -0.05) is 111 Å². The maximum atomic E-state index is 12.1. The summed E-state index contributed by atoms with van der Waals surface area (Å²) < 4.78 is 36.5. The number of unbranched alkanes of at least 4 members (excludes halogenated alkanes) is 3. The van der Waals surface area contributed by atoms with Crippen LogP contribution < -0.4 is 0 Å². The van der Waals surface area contributed by atoms with Crippen molar-refractivity contribution in [3.8, 4) is 0 Å². The van der Waals surface area contributed by atoms with Crippen LogP contribution in [-0.2, 0) is 18.7 Å². The summed E-state index contributed by atoms with van der Waals surface area (Å²) in [5.41, 5.74) is 2.45. The van der Waals surface area contributed by atoms with Crippen molar-refractivity contribution in [3.05, 3.63) is 48.2 Å². The Morgan fingerprint density at radius 2 is 1.48 bits per heavy atom. The highest BCUT2D eigenvalue weighted by Gasteiger charge is 2.46. The van der Waals surface area contributed by atoms with E-state index in [-0.39, 0.29) is 5.92 Å². The molecule has 0 aliphatic carbocycles. The van der Waals surface area contributed by atoms with E-state index >= 15 is 0 Å². The van der Waals surface area contributed by atoms with Gasteiger partial charge < -0.3 is 4.43 Å². The minimum Gasteiger partial charge on any atom is -0.548 e. The molecule has 0 amide bonds. The minimum atomic E-state index is -3.59. The predicted octanol–water partition coefficient (Wildman–Crippen LogP) is 8.39. The first-order valence-corrected chi connectivity index (χ1v) is 16.7. The van der Waals surface area contributed by atoms with E-state index in [4.69, 9.17) is 8.61 Å². The van der Waals surface area contributed by atoms with E-state index in [0.29, 0.717) is 16.6 Å². The molecule has 0 aliphatic heterocycles. The van der Waals surface area contributed by atoms with Gasteiger partial charge >= 0.3 is 0 Å². The van der Waals surface area contributed by atoms with Gasteiger partial charge in [-0.05, 0) is 40.9 Å². The molecular formula is C27H48O4SSi. The van der Waals surface area contributed by atoms with Crippen molar-refractivity contribution in [1.29, 1.82) is 0 Å². The van der Waals surface area contributed by atoms with E-state index < -0.39 is 24.5 Å². The molecule has 2 unspecified atom stereocenters. The Morgan fingerprint density at radius 3 is 1.97 bits per heavy atom. The average Bonchev–Trinajstić information content (AvgIpc) is 2.73. The Kier molecular flexibility index (Phi) is 13.0. The first-order valence-electron chi connectivity index (χ1n) is 12.7. The van der Waals surface area contributed by atoms with Crippen LogP contribution in [-0.4, -0.2) is 23.0 Å². The van der Waals surface area contributed by atoms with Gasteiger partial charge in [0.2, 0.25) is 0 Å². The Morgan fingerprint density at radius 1 is 0.909 bits per heavy atom. The summed E-state index contributed by atoms with van der Waals surface area (Å²) in [5, 5.41) is 0. The highest BCUT2D eigenvalue weighted by atomic mass is 32.2. The third-order valence-electron chi connectivity index (χ3n) is 6.78. The summed E-state index contributed by atoms with van der Waals surface area (Å²) >= 11 is 0. The lowest BCUT2D eigenvalue weighted by Gasteiger charge is -2.41. The van der Waals surface area contributed by atoms with Gasteiger partial charge in [0.05, 0.1) is 12.5 Å². The van der Waals surface area contributed by atoms with Crippen molar-refractivity contribution in [2.75, 3.05) is 6.26 Å². The van der Waals surface area contributed by atoms with Crippen molar-refractivity contribution in [2.45, 2.75) is 110 Å². The molecule has 33 heavy (non-hydrogen) atoms. The largest absolute Gasteiger partial charge is 0.548 e. The van der Waals surface area contributed by atoms with E-state index in [1.807, 2.05) is 36.6 Å². The van der Waals surface area contributed by atoms with Crippen LogP contribution in [0.3, 0.4) is 0 Å². The van der Waals surface area contributed by atoms with Crippen LogP contribution in [0, 0.1) is 5.92 Å². The van der Waals surface area contributed by atoms with E-state index in [9.17, 15) is 8.42 Å². The zero-order chi connectivity index (χ0) is 25.1. The van der Waals surface area contributed by atoms with Crippen LogP contribution in [0.2, 0.25) is 16.6 Å². The van der Waals surface area contributed by atoms with E-state index in [2.05, 4.69) is 54.5 Å². The smallest absolute Gasteiger partial charge is 0.264 e. The van der Waals surface area contributed by atoms with Gasteiger partial charge in [0, 0.05) is 0 Å². The fourth-order valence-corrected chi connectivity index (χ4v) is 11.1. The zero-order valence-corrected chi connectivity index (χ0v) is 24.0. The number of hydrogen-bond acceptors (Lipinski definition) is 4. The molecule has 0 heterocycles. The molecular weight excluding hydrogens is 448 g/mol. The van der Waals surface area contributed by atoms with Crippen LogP contribution in [0.4, 0.5) is 0 Å². The lowest BCUT2D eigenvalue weighted by atomic mass is 9.88. The van der Waals surface area contributed by atoms with Crippen LogP contribution in [0.25, 0.3) is 0 Å². The Bertz CT molecular complexity index is 766. The number of rotatable bonds is 16. The summed E-state index contributed by atoms with van der Waals surface area (Å²) in [6.45, 7) is 15.9. The van der Waals surface area contributed by atoms with E-state index in [1.54, 1.807) is 0 Å². The average molecular weight is 497 g/mol. The van der Waals surface area contributed by atoms with Crippen molar-refractivity contribution < 1.29 is 17.0 Å². The standard InChI is InChI=1S/C27H48O4SSi/c1-9-10-11-13-17-26(27(31-32(8,28)29)25-18-14-12-15-19-25)20-16-21-30-33(22(2)3,23(4)5)24(6)7/h12,14-16,18-19,21-24,26-27H,9-11,13,17,20H2,1-8H3/b21-16+. The summed E-state index contributed by atoms with van der Waals surface area (Å²) in [6.07, 6.45) is 10.9. The normalized spacial score (nSPS) is 15.0. The molecule has 4 nitrogen and oxygen atoms in total. The quantitative estimate of drug-likeness (QED) is 0.0997. The van der Waals surface area contributed by atoms with Crippen molar-refractivity contribution in [1.82, 2.24) is 0 Å². The fraction of sp³-hybridized carbons (Fsp3) is 0.704. The molecule has 2 atom stereocenters. The molecule has 190 valence electrons. The zero-order valence-electron chi connectivity index (χ0n) is 22.2. The minimum absolute atomic E-state index is 0.0621. The molecule has 0 fully saturated rings. The molecule has 0 radical (unpaired) electrons. The van der Waals surface area contributed by atoms with E-state index in [0.717, 1.165) is 37.5 Å². The highest BCUT2D eigenvalue weighted by molar-refractivity contribution is 7.86. The molecule has 0 bridgehead atoms. The lowest BCUT2D eigenvalue weighted by molar-refractivity contribution is 0.136. The Balaban J connectivity index is 3.13. The first-order chi connectivity index (χ1) is 15.5. The molecule has 0 saturated heterocycles. The lowest BCUT2D eigenvalue weighted by Crippen LogP contribution is -2.46. The fourth-order valence-electron chi connectivity index (χ4n) is 5.27. The van der Waals surface area contributed by atoms with E-state index in [1.165, 1.54) is 12.8 Å². The van der Waals surface area contributed by atoms with Gasteiger partial charge in [-0.15, -0.1) is 0 Å². The van der Waals surface area contributed by atoms with Crippen molar-refractivity contribution in [3.63, 3.8) is 0 Å². The number of hydrogen-bond donors (Lipinski definition) is 0. The molecule has 0 saturated carbocycles. The van der Waals surface area contributed by atoms with Crippen molar-refractivity contribution >= 4 is 18.4 Å². The maximum Gasteiger partial charge on any atom is 0.264 e. The summed E-state index contributed by atoms with van der Waals surface area (Å²) in [5.74, 6) is 0.0621. The number of benzene rings is 1. The monoisotopic (exact) mass is 496 g/mol. The van der Waals surface area contributed by atoms with Crippen LogP contribution in [0.5, 0.6) is 0 Å². The first kappa shape index (κ1) is 29.9. The van der Waals surface area contributed by atoms with Gasteiger partial charge in [-0.2, -0.15) is 8.42 Å². The summed E-state index contributed by atoms with van der Waals surface area (Å²) in [4.78, 5) is 0. The molecule has 0 aliphatic rings. The Labute approximate surface area is 205 Å². The maximum absolute atomic E-state index is 12.1. The van der Waals surface area contributed by atoms with Gasteiger partial charge in [0.25, 0.3) is 18.4 Å². The van der Waals surface area contributed by atoms with Crippen LogP contribution in [0.15, 0.2) is 42.7 Å². The van der Waals surface area contributed by atoms with Crippen LogP contribution in [0.1, 0.15) is 98.7 Å².